The van der Waals surface area contributed by atoms with Gasteiger partial charge in [-0.1, -0.05) is 0 Å². The standard InChI is InChI=1S/C9H6BrNO2S/c1-13-9(12)6-2-3-8(11-5-14)7(10)4-6/h2-4H,1H3. The Hall–Kier alpha value is -1.03. The maximum Gasteiger partial charge on any atom is 0.337 e. The van der Waals surface area contributed by atoms with Crippen molar-refractivity contribution in [1.29, 1.82) is 0 Å². The lowest BCUT2D eigenvalue weighted by atomic mass is 10.2. The third kappa shape index (κ3) is 2.48. The molecule has 0 aliphatic carbocycles. The zero-order valence-corrected chi connectivity index (χ0v) is 9.68. The van der Waals surface area contributed by atoms with Gasteiger partial charge in [0.25, 0.3) is 0 Å². The Bertz CT molecular complexity index is 413. The van der Waals surface area contributed by atoms with Crippen LogP contribution in [0, 0.1) is 0 Å². The van der Waals surface area contributed by atoms with Gasteiger partial charge in [-0.3, -0.25) is 0 Å². The van der Waals surface area contributed by atoms with Gasteiger partial charge in [-0.2, -0.15) is 4.99 Å². The zero-order chi connectivity index (χ0) is 10.6. The molecule has 72 valence electrons. The normalized spacial score (nSPS) is 9.00. The summed E-state index contributed by atoms with van der Waals surface area (Å²) >= 11 is 7.73. The van der Waals surface area contributed by atoms with Gasteiger partial charge in [0.2, 0.25) is 0 Å². The van der Waals surface area contributed by atoms with Gasteiger partial charge in [0.05, 0.1) is 23.5 Å². The van der Waals surface area contributed by atoms with Crippen molar-refractivity contribution in [1.82, 2.24) is 0 Å². The van der Waals surface area contributed by atoms with Crippen molar-refractivity contribution in [3.8, 4) is 0 Å². The molecule has 0 atom stereocenters. The van der Waals surface area contributed by atoms with Gasteiger partial charge in [-0.15, -0.1) is 0 Å². The minimum atomic E-state index is -0.386. The molecule has 0 radical (unpaired) electrons. The summed E-state index contributed by atoms with van der Waals surface area (Å²) in [5.41, 5.74) is 1.09. The molecule has 0 N–H and O–H groups in total. The molecule has 14 heavy (non-hydrogen) atoms. The van der Waals surface area contributed by atoms with Crippen LogP contribution < -0.4 is 0 Å². The van der Waals surface area contributed by atoms with E-state index < -0.39 is 0 Å². The van der Waals surface area contributed by atoms with Crippen LogP contribution in [0.15, 0.2) is 27.7 Å². The predicted octanol–water partition coefficient (Wildman–Crippen LogP) is 2.97. The van der Waals surface area contributed by atoms with Crippen LogP contribution in [-0.4, -0.2) is 18.2 Å². The van der Waals surface area contributed by atoms with Crippen LogP contribution in [0.4, 0.5) is 5.69 Å². The second kappa shape index (κ2) is 5.00. The van der Waals surface area contributed by atoms with Crippen molar-refractivity contribution in [2.24, 2.45) is 4.99 Å². The number of methoxy groups -OCH3 is 1. The summed E-state index contributed by atoms with van der Waals surface area (Å²) in [6.45, 7) is 0. The molecule has 0 spiro atoms. The topological polar surface area (TPSA) is 38.7 Å². The lowest BCUT2D eigenvalue weighted by molar-refractivity contribution is 0.0600. The number of aliphatic imine (C=N–C) groups is 1. The number of esters is 1. The average Bonchev–Trinajstić information content (AvgIpc) is 2.20. The molecule has 0 saturated heterocycles. The molecule has 0 amide bonds. The highest BCUT2D eigenvalue weighted by atomic mass is 79.9. The van der Waals surface area contributed by atoms with E-state index in [9.17, 15) is 4.79 Å². The summed E-state index contributed by atoms with van der Waals surface area (Å²) in [5.74, 6) is -0.386. The highest BCUT2D eigenvalue weighted by Crippen LogP contribution is 2.26. The first-order chi connectivity index (χ1) is 6.69. The molecule has 3 nitrogen and oxygen atoms in total. The van der Waals surface area contributed by atoms with Gasteiger partial charge in [-0.25, -0.2) is 4.79 Å². The number of nitrogens with zero attached hydrogens (tertiary/aromatic N) is 1. The Balaban J connectivity index is 3.12. The van der Waals surface area contributed by atoms with Crippen LogP contribution in [0.3, 0.4) is 0 Å². The Morgan fingerprint density at radius 2 is 2.36 bits per heavy atom. The second-order valence-electron chi connectivity index (χ2n) is 2.36. The number of hydrogen-bond donors (Lipinski definition) is 0. The molecular formula is C9H6BrNO2S. The van der Waals surface area contributed by atoms with Gasteiger partial charge in [-0.05, 0) is 46.3 Å². The maximum absolute atomic E-state index is 11.1. The molecule has 1 aromatic rings. The molecule has 0 heterocycles. The number of thiocarbonyl (C=S) groups is 1. The fourth-order valence-electron chi connectivity index (χ4n) is 0.892. The molecule has 0 aliphatic heterocycles. The van der Waals surface area contributed by atoms with Crippen LogP contribution in [0.1, 0.15) is 10.4 Å². The molecule has 0 aromatic heterocycles. The number of benzene rings is 1. The minimum Gasteiger partial charge on any atom is -0.465 e. The fraction of sp³-hybridized carbons (Fsp3) is 0.111. The SMILES string of the molecule is COC(=O)c1ccc(N=C=S)c(Br)c1. The first-order valence-electron chi connectivity index (χ1n) is 3.64. The molecule has 0 unspecified atom stereocenters. The monoisotopic (exact) mass is 271 g/mol. The summed E-state index contributed by atoms with van der Waals surface area (Å²) in [6, 6.07) is 4.90. The highest BCUT2D eigenvalue weighted by Gasteiger charge is 2.07. The quantitative estimate of drug-likeness (QED) is 0.472. The van der Waals surface area contributed by atoms with Crippen molar-refractivity contribution in [2.75, 3.05) is 7.11 Å². The number of rotatable bonds is 2. The predicted molar refractivity (Wildman–Crippen MR) is 60.2 cm³/mol. The number of hydrogen-bond acceptors (Lipinski definition) is 4. The van der Waals surface area contributed by atoms with Crippen LogP contribution in [0.2, 0.25) is 0 Å². The van der Waals surface area contributed by atoms with Crippen molar-refractivity contribution in [2.45, 2.75) is 0 Å². The van der Waals surface area contributed by atoms with Crippen molar-refractivity contribution in [3.63, 3.8) is 0 Å². The van der Waals surface area contributed by atoms with Crippen molar-refractivity contribution >= 4 is 45.0 Å². The van der Waals surface area contributed by atoms with Crippen LogP contribution in [0.5, 0.6) is 0 Å². The maximum atomic E-state index is 11.1. The number of carbonyl (C=O) groups is 1. The number of ether oxygens (including phenoxy) is 1. The van der Waals surface area contributed by atoms with E-state index >= 15 is 0 Å². The lowest BCUT2D eigenvalue weighted by Crippen LogP contribution is -2.00. The second-order valence-corrected chi connectivity index (χ2v) is 3.40. The van der Waals surface area contributed by atoms with Crippen molar-refractivity contribution in [3.05, 3.63) is 28.2 Å². The molecule has 0 saturated carbocycles. The van der Waals surface area contributed by atoms with E-state index in [0.29, 0.717) is 15.7 Å². The number of halogens is 1. The third-order valence-electron chi connectivity index (χ3n) is 1.53. The Morgan fingerprint density at radius 3 is 2.86 bits per heavy atom. The molecule has 1 rings (SSSR count). The molecule has 5 heteroatoms. The minimum absolute atomic E-state index is 0.386. The number of carbonyl (C=O) groups excluding carboxylic acids is 1. The van der Waals surface area contributed by atoms with Crippen LogP contribution >= 0.6 is 28.1 Å². The Morgan fingerprint density at radius 1 is 1.64 bits per heavy atom. The van der Waals surface area contributed by atoms with E-state index in [1.807, 2.05) is 0 Å². The zero-order valence-electron chi connectivity index (χ0n) is 7.28. The van der Waals surface area contributed by atoms with E-state index in [1.165, 1.54) is 7.11 Å². The number of isothiocyanates is 1. The summed E-state index contributed by atoms with van der Waals surface area (Å²) < 4.78 is 5.24. The highest BCUT2D eigenvalue weighted by molar-refractivity contribution is 9.10. The molecular weight excluding hydrogens is 266 g/mol. The Kier molecular flexibility index (Phi) is 3.95. The largest absolute Gasteiger partial charge is 0.465 e. The fourth-order valence-corrected chi connectivity index (χ4v) is 1.46. The van der Waals surface area contributed by atoms with Gasteiger partial charge >= 0.3 is 5.97 Å². The summed E-state index contributed by atoms with van der Waals surface area (Å²) in [7, 11) is 1.33. The summed E-state index contributed by atoms with van der Waals surface area (Å²) in [6.07, 6.45) is 0. The molecule has 0 bridgehead atoms. The summed E-state index contributed by atoms with van der Waals surface area (Å²) in [4.78, 5) is 14.9. The molecule has 0 fully saturated rings. The van der Waals surface area contributed by atoms with E-state index in [2.05, 4.69) is 43.0 Å². The van der Waals surface area contributed by atoms with Gasteiger partial charge in [0, 0.05) is 4.47 Å². The average molecular weight is 272 g/mol. The lowest BCUT2D eigenvalue weighted by Gasteiger charge is -2.01. The van der Waals surface area contributed by atoms with Gasteiger partial charge in [0.1, 0.15) is 0 Å². The first-order valence-corrected chi connectivity index (χ1v) is 4.85. The summed E-state index contributed by atoms with van der Waals surface area (Å²) in [5, 5.41) is 2.25. The van der Waals surface area contributed by atoms with Crippen LogP contribution in [-0.2, 0) is 4.74 Å². The van der Waals surface area contributed by atoms with Gasteiger partial charge < -0.3 is 4.74 Å². The van der Waals surface area contributed by atoms with E-state index in [1.54, 1.807) is 18.2 Å². The molecule has 1 aromatic carbocycles. The smallest absolute Gasteiger partial charge is 0.337 e. The Labute approximate surface area is 94.9 Å². The van der Waals surface area contributed by atoms with E-state index in [4.69, 9.17) is 0 Å². The van der Waals surface area contributed by atoms with E-state index in [-0.39, 0.29) is 5.97 Å². The van der Waals surface area contributed by atoms with Crippen molar-refractivity contribution < 1.29 is 9.53 Å². The molecule has 0 aliphatic rings. The van der Waals surface area contributed by atoms with E-state index in [0.717, 1.165) is 0 Å². The first kappa shape index (κ1) is 11.0. The van der Waals surface area contributed by atoms with Crippen LogP contribution in [0.25, 0.3) is 0 Å². The van der Waals surface area contributed by atoms with Gasteiger partial charge in [0.15, 0.2) is 0 Å². The third-order valence-corrected chi connectivity index (χ3v) is 2.26.